The van der Waals surface area contributed by atoms with E-state index in [1.165, 1.54) is 24.3 Å². The Morgan fingerprint density at radius 1 is 1.38 bits per heavy atom. The van der Waals surface area contributed by atoms with Crippen LogP contribution >= 0.6 is 0 Å². The highest BCUT2D eigenvalue weighted by Crippen LogP contribution is 2.21. The van der Waals surface area contributed by atoms with Gasteiger partial charge in [0.1, 0.15) is 0 Å². The fraction of sp³-hybridized carbons (Fsp3) is 0.364. The Morgan fingerprint density at radius 3 is 2.44 bits per heavy atom. The molecule has 1 aromatic carbocycles. The normalized spacial score (nSPS) is 13.4. The molecule has 0 amide bonds. The minimum Gasteiger partial charge on any atom is -0.478 e. The van der Waals surface area contributed by atoms with Crippen LogP contribution in [-0.2, 0) is 9.84 Å². The number of carboxylic acid groups (broad SMARTS) is 1. The molecule has 0 bridgehead atoms. The number of sulfone groups is 1. The number of rotatable bonds is 4. The van der Waals surface area contributed by atoms with Gasteiger partial charge < -0.3 is 5.11 Å². The summed E-state index contributed by atoms with van der Waals surface area (Å²) in [5, 5.41) is 8.34. The van der Waals surface area contributed by atoms with Crippen LogP contribution in [0.3, 0.4) is 0 Å². The van der Waals surface area contributed by atoms with Gasteiger partial charge in [-0.3, -0.25) is 0 Å². The minimum absolute atomic E-state index is 0.100. The fourth-order valence-corrected chi connectivity index (χ4v) is 2.93. The van der Waals surface area contributed by atoms with E-state index >= 15 is 0 Å². The van der Waals surface area contributed by atoms with Crippen molar-refractivity contribution in [2.45, 2.75) is 30.4 Å². The molecule has 0 aromatic heterocycles. The van der Waals surface area contributed by atoms with Crippen LogP contribution in [0.25, 0.3) is 0 Å². The van der Waals surface area contributed by atoms with Crippen LogP contribution in [0.2, 0.25) is 0 Å². The third kappa shape index (κ3) is 2.24. The van der Waals surface area contributed by atoms with Crippen molar-refractivity contribution in [2.24, 2.45) is 0 Å². The van der Waals surface area contributed by atoms with E-state index in [-0.39, 0.29) is 10.5 Å². The number of carbonyl (C=O) groups is 1. The topological polar surface area (TPSA) is 71.4 Å². The molecular weight excluding hydrogens is 228 g/mol. The Morgan fingerprint density at radius 2 is 1.94 bits per heavy atom. The van der Waals surface area contributed by atoms with E-state index in [2.05, 4.69) is 0 Å². The second-order valence-corrected chi connectivity index (χ2v) is 5.90. The Hall–Kier alpha value is -1.36. The summed E-state index contributed by atoms with van der Waals surface area (Å²) in [6.07, 6.45) is 0.455. The summed E-state index contributed by atoms with van der Waals surface area (Å²) >= 11 is 0. The average molecular weight is 242 g/mol. The Bertz CT molecular complexity index is 490. The number of hydrogen-bond acceptors (Lipinski definition) is 3. The average Bonchev–Trinajstić information content (AvgIpc) is 2.27. The first kappa shape index (κ1) is 12.7. The third-order valence-electron chi connectivity index (χ3n) is 2.53. The molecule has 0 spiro atoms. The molecule has 0 heterocycles. The summed E-state index contributed by atoms with van der Waals surface area (Å²) in [7, 11) is -3.55. The van der Waals surface area contributed by atoms with Crippen LogP contribution in [-0.4, -0.2) is 24.7 Å². The maximum atomic E-state index is 12.0. The highest BCUT2D eigenvalue weighted by molar-refractivity contribution is 7.92. The molecule has 1 unspecified atom stereocenters. The van der Waals surface area contributed by atoms with Gasteiger partial charge in [0.2, 0.25) is 0 Å². The molecule has 0 fully saturated rings. The zero-order chi connectivity index (χ0) is 12.3. The summed E-state index contributed by atoms with van der Waals surface area (Å²) in [4.78, 5) is 10.8. The van der Waals surface area contributed by atoms with Crippen LogP contribution in [0.1, 0.15) is 30.6 Å². The van der Waals surface area contributed by atoms with Crippen molar-refractivity contribution in [1.82, 2.24) is 0 Å². The lowest BCUT2D eigenvalue weighted by molar-refractivity contribution is 0.0692. The molecule has 1 N–H and O–H groups in total. The smallest absolute Gasteiger partial charge is 0.337 e. The van der Waals surface area contributed by atoms with Crippen molar-refractivity contribution in [3.8, 4) is 0 Å². The first-order chi connectivity index (χ1) is 7.41. The van der Waals surface area contributed by atoms with Gasteiger partial charge in [0.25, 0.3) is 0 Å². The van der Waals surface area contributed by atoms with E-state index in [0.717, 1.165) is 0 Å². The second kappa shape index (κ2) is 4.65. The lowest BCUT2D eigenvalue weighted by Crippen LogP contribution is -2.19. The number of carboxylic acids is 1. The molecule has 0 aliphatic heterocycles. The van der Waals surface area contributed by atoms with Gasteiger partial charge in [0.05, 0.1) is 15.7 Å². The van der Waals surface area contributed by atoms with Crippen LogP contribution in [0, 0.1) is 0 Å². The van der Waals surface area contributed by atoms with Crippen molar-refractivity contribution < 1.29 is 18.3 Å². The molecule has 88 valence electrons. The van der Waals surface area contributed by atoms with Gasteiger partial charge in [-0.25, -0.2) is 13.2 Å². The molecule has 1 atom stereocenters. The van der Waals surface area contributed by atoms with Gasteiger partial charge in [-0.15, -0.1) is 0 Å². The van der Waals surface area contributed by atoms with Crippen molar-refractivity contribution in [3.05, 3.63) is 29.8 Å². The zero-order valence-electron chi connectivity index (χ0n) is 9.17. The highest BCUT2D eigenvalue weighted by Gasteiger charge is 2.26. The van der Waals surface area contributed by atoms with E-state index in [4.69, 9.17) is 5.11 Å². The predicted octanol–water partition coefficient (Wildman–Crippen LogP) is 1.96. The number of hydrogen-bond donors (Lipinski definition) is 1. The minimum atomic E-state index is -3.55. The monoisotopic (exact) mass is 242 g/mol. The number of benzene rings is 1. The summed E-state index contributed by atoms with van der Waals surface area (Å²) in [6.45, 7) is 3.33. The van der Waals surface area contributed by atoms with Gasteiger partial charge in [0.15, 0.2) is 9.84 Å². The zero-order valence-corrected chi connectivity index (χ0v) is 9.99. The summed E-state index contributed by atoms with van der Waals surface area (Å²) in [5.74, 6) is -1.22. The molecule has 0 aliphatic rings. The Balaban J connectivity index is 3.39. The highest BCUT2D eigenvalue weighted by atomic mass is 32.2. The lowest BCUT2D eigenvalue weighted by Gasteiger charge is -2.12. The quantitative estimate of drug-likeness (QED) is 0.876. The van der Waals surface area contributed by atoms with Gasteiger partial charge in [-0.05, 0) is 25.5 Å². The predicted molar refractivity (Wildman–Crippen MR) is 60.3 cm³/mol. The largest absolute Gasteiger partial charge is 0.478 e. The molecule has 0 radical (unpaired) electrons. The van der Waals surface area contributed by atoms with E-state index in [1.54, 1.807) is 13.8 Å². The van der Waals surface area contributed by atoms with Gasteiger partial charge in [-0.2, -0.15) is 0 Å². The van der Waals surface area contributed by atoms with Crippen molar-refractivity contribution >= 4 is 15.8 Å². The van der Waals surface area contributed by atoms with Crippen LogP contribution in [0.15, 0.2) is 29.2 Å². The van der Waals surface area contributed by atoms with Gasteiger partial charge >= 0.3 is 5.97 Å². The molecule has 0 aliphatic carbocycles. The van der Waals surface area contributed by atoms with E-state index in [9.17, 15) is 13.2 Å². The van der Waals surface area contributed by atoms with Crippen molar-refractivity contribution in [3.63, 3.8) is 0 Å². The summed E-state index contributed by atoms with van der Waals surface area (Å²) in [5.41, 5.74) is -0.164. The Kier molecular flexibility index (Phi) is 3.70. The first-order valence-electron chi connectivity index (χ1n) is 4.97. The van der Waals surface area contributed by atoms with Gasteiger partial charge in [0, 0.05) is 0 Å². The molecule has 16 heavy (non-hydrogen) atoms. The lowest BCUT2D eigenvalue weighted by atomic mass is 10.2. The van der Waals surface area contributed by atoms with E-state index in [1.807, 2.05) is 0 Å². The second-order valence-electron chi connectivity index (χ2n) is 3.57. The molecule has 5 heteroatoms. The first-order valence-corrected chi connectivity index (χ1v) is 6.52. The summed E-state index contributed by atoms with van der Waals surface area (Å²) in [6, 6.07) is 5.68. The Labute approximate surface area is 94.8 Å². The van der Waals surface area contributed by atoms with Crippen LogP contribution in [0.4, 0.5) is 0 Å². The summed E-state index contributed by atoms with van der Waals surface area (Å²) < 4.78 is 24.1. The van der Waals surface area contributed by atoms with Crippen LogP contribution in [0.5, 0.6) is 0 Å². The van der Waals surface area contributed by atoms with Crippen molar-refractivity contribution in [1.29, 1.82) is 0 Å². The van der Waals surface area contributed by atoms with E-state index < -0.39 is 21.1 Å². The fourth-order valence-electron chi connectivity index (χ4n) is 1.33. The van der Waals surface area contributed by atoms with E-state index in [0.29, 0.717) is 6.42 Å². The number of aromatic carboxylic acids is 1. The SMILES string of the molecule is CCC(C)S(=O)(=O)c1ccccc1C(=O)O. The molecule has 0 saturated heterocycles. The molecule has 1 rings (SSSR count). The molecular formula is C11H14O4S. The van der Waals surface area contributed by atoms with Crippen LogP contribution < -0.4 is 0 Å². The molecule has 0 saturated carbocycles. The van der Waals surface area contributed by atoms with Gasteiger partial charge in [-0.1, -0.05) is 19.1 Å². The molecule has 4 nitrogen and oxygen atoms in total. The van der Waals surface area contributed by atoms with Crippen molar-refractivity contribution in [2.75, 3.05) is 0 Å². The third-order valence-corrected chi connectivity index (χ3v) is 4.89. The maximum absolute atomic E-state index is 12.0. The standard InChI is InChI=1S/C11H14O4S/c1-3-8(2)16(14,15)10-7-5-4-6-9(10)11(12)13/h4-8H,3H2,1-2H3,(H,12,13). The maximum Gasteiger partial charge on any atom is 0.337 e. The molecule has 1 aromatic rings.